The summed E-state index contributed by atoms with van der Waals surface area (Å²) < 4.78 is 5.19. The summed E-state index contributed by atoms with van der Waals surface area (Å²) >= 11 is 16.3. The van der Waals surface area contributed by atoms with Gasteiger partial charge in [-0.15, -0.1) is 0 Å². The maximum absolute atomic E-state index is 4.85. The normalized spacial score (nSPS) is 9.78. The molecule has 0 aromatic carbocycles. The van der Waals surface area contributed by atoms with E-state index in [2.05, 4.69) is 50.1 Å². The Labute approximate surface area is 76.8 Å². The molecule has 0 saturated carbocycles. The first-order valence-corrected chi connectivity index (χ1v) is 4.23. The van der Waals surface area contributed by atoms with Crippen LogP contribution in [0.4, 0.5) is 0 Å². The molecular formula is C4H8OS4. The average molecular weight is 200 g/mol. The van der Waals surface area contributed by atoms with E-state index in [4.69, 9.17) is 4.74 Å². The third-order valence-corrected chi connectivity index (χ3v) is 1.36. The van der Waals surface area contributed by atoms with Crippen LogP contribution in [0.25, 0.3) is 0 Å². The summed E-state index contributed by atoms with van der Waals surface area (Å²) in [6.07, 6.45) is 0.771. The second kappa shape index (κ2) is 5.70. The maximum atomic E-state index is 4.85. The van der Waals surface area contributed by atoms with E-state index in [-0.39, 0.29) is 8.96 Å². The first-order valence-electron chi connectivity index (χ1n) is 2.35. The molecule has 0 rings (SSSR count). The topological polar surface area (TPSA) is 9.23 Å². The van der Waals surface area contributed by atoms with Crippen molar-refractivity contribution in [2.45, 2.75) is 11.0 Å². The highest BCUT2D eigenvalue weighted by molar-refractivity contribution is 8.10. The Balaban J connectivity index is 3.01. The van der Waals surface area contributed by atoms with Gasteiger partial charge in [-0.3, -0.25) is 0 Å². The second-order valence-electron chi connectivity index (χ2n) is 1.38. The van der Waals surface area contributed by atoms with Gasteiger partial charge in [0.25, 0.3) is 0 Å². The molecule has 0 spiro atoms. The molecule has 0 aliphatic rings. The molecule has 54 valence electrons. The highest BCUT2D eigenvalue weighted by atomic mass is 32.2. The number of thiol groups is 3. The van der Waals surface area contributed by atoms with E-state index in [0.717, 1.165) is 6.42 Å². The molecule has 0 unspecified atom stereocenters. The van der Waals surface area contributed by atoms with Crippen LogP contribution >= 0.6 is 50.1 Å². The van der Waals surface area contributed by atoms with Gasteiger partial charge in [0.2, 0.25) is 4.38 Å². The van der Waals surface area contributed by atoms with E-state index >= 15 is 0 Å². The van der Waals surface area contributed by atoms with Crippen LogP contribution in [0.15, 0.2) is 0 Å². The SMILES string of the molecule is S=C(S)OCCC(S)S. The molecule has 0 saturated heterocycles. The van der Waals surface area contributed by atoms with Crippen molar-refractivity contribution in [2.75, 3.05) is 6.61 Å². The van der Waals surface area contributed by atoms with Crippen molar-refractivity contribution in [1.82, 2.24) is 0 Å². The molecule has 0 amide bonds. The molecule has 9 heavy (non-hydrogen) atoms. The predicted octanol–water partition coefficient (Wildman–Crippen LogP) is 1.79. The van der Waals surface area contributed by atoms with E-state index in [1.165, 1.54) is 0 Å². The second-order valence-corrected chi connectivity index (χ2v) is 4.12. The first kappa shape index (κ1) is 9.94. The van der Waals surface area contributed by atoms with E-state index in [1.54, 1.807) is 0 Å². The lowest BCUT2D eigenvalue weighted by molar-refractivity contribution is 0.321. The minimum absolute atomic E-state index is 0.0627. The first-order chi connectivity index (χ1) is 4.13. The van der Waals surface area contributed by atoms with E-state index in [9.17, 15) is 0 Å². The third-order valence-electron chi connectivity index (χ3n) is 0.602. The number of ether oxygens (including phenoxy) is 1. The van der Waals surface area contributed by atoms with E-state index in [1.807, 2.05) is 0 Å². The van der Waals surface area contributed by atoms with Gasteiger partial charge in [0.1, 0.15) is 0 Å². The largest absolute Gasteiger partial charge is 0.479 e. The van der Waals surface area contributed by atoms with Gasteiger partial charge in [0.05, 0.1) is 6.61 Å². The summed E-state index contributed by atoms with van der Waals surface area (Å²) in [6, 6.07) is 0. The van der Waals surface area contributed by atoms with Crippen LogP contribution in [-0.4, -0.2) is 15.6 Å². The lowest BCUT2D eigenvalue weighted by atomic mass is 10.5. The molecule has 0 aromatic heterocycles. The monoisotopic (exact) mass is 200 g/mol. The zero-order chi connectivity index (χ0) is 7.28. The van der Waals surface area contributed by atoms with E-state index < -0.39 is 0 Å². The van der Waals surface area contributed by atoms with Crippen LogP contribution in [-0.2, 0) is 4.74 Å². The zero-order valence-electron chi connectivity index (χ0n) is 4.65. The molecule has 0 atom stereocenters. The Morgan fingerprint density at radius 1 is 1.56 bits per heavy atom. The fraction of sp³-hybridized carbons (Fsp3) is 0.750. The van der Waals surface area contributed by atoms with Crippen LogP contribution in [0.1, 0.15) is 6.42 Å². The average Bonchev–Trinajstić information content (AvgIpc) is 1.63. The van der Waals surface area contributed by atoms with Gasteiger partial charge in [0.15, 0.2) is 0 Å². The summed E-state index contributed by atoms with van der Waals surface area (Å²) in [5, 5.41) is 0. The minimum atomic E-state index is 0.0627. The number of hydrogen-bond acceptors (Lipinski definition) is 4. The van der Waals surface area contributed by atoms with Crippen molar-refractivity contribution >= 4 is 54.5 Å². The summed E-state index contributed by atoms with van der Waals surface area (Å²) in [6.45, 7) is 0.542. The predicted molar refractivity (Wildman–Crippen MR) is 53.9 cm³/mol. The van der Waals surface area contributed by atoms with Gasteiger partial charge in [-0.05, 0) is 12.2 Å². The van der Waals surface area contributed by atoms with Crippen molar-refractivity contribution in [3.05, 3.63) is 0 Å². The number of hydrogen-bond donors (Lipinski definition) is 3. The van der Waals surface area contributed by atoms with Gasteiger partial charge in [-0.2, -0.15) is 25.3 Å². The molecule has 0 fully saturated rings. The minimum Gasteiger partial charge on any atom is -0.479 e. The van der Waals surface area contributed by atoms with E-state index in [0.29, 0.717) is 6.61 Å². The summed E-state index contributed by atoms with van der Waals surface area (Å²) in [5.74, 6) is 0. The molecule has 0 aromatic rings. The Bertz CT molecular complexity index is 92.6. The van der Waals surface area contributed by atoms with Gasteiger partial charge >= 0.3 is 0 Å². The molecule has 0 N–H and O–H groups in total. The molecule has 0 heterocycles. The molecule has 1 nitrogen and oxygen atoms in total. The molecule has 5 heteroatoms. The van der Waals surface area contributed by atoms with Crippen LogP contribution in [0.3, 0.4) is 0 Å². The van der Waals surface area contributed by atoms with Crippen molar-refractivity contribution in [3.8, 4) is 0 Å². The smallest absolute Gasteiger partial charge is 0.216 e. The van der Waals surface area contributed by atoms with Crippen LogP contribution in [0.2, 0.25) is 0 Å². The maximum Gasteiger partial charge on any atom is 0.216 e. The fourth-order valence-corrected chi connectivity index (χ4v) is 0.637. The van der Waals surface area contributed by atoms with Gasteiger partial charge in [-0.25, -0.2) is 0 Å². The van der Waals surface area contributed by atoms with Crippen LogP contribution < -0.4 is 0 Å². The molecule has 0 bridgehead atoms. The highest BCUT2D eigenvalue weighted by Gasteiger charge is 1.95. The third kappa shape index (κ3) is 8.94. The van der Waals surface area contributed by atoms with Crippen LogP contribution in [0.5, 0.6) is 0 Å². The molecule has 0 radical (unpaired) electrons. The summed E-state index contributed by atoms with van der Waals surface area (Å²) in [7, 11) is 0. The summed E-state index contributed by atoms with van der Waals surface area (Å²) in [5.41, 5.74) is 0. The Morgan fingerprint density at radius 3 is 2.44 bits per heavy atom. The van der Waals surface area contributed by atoms with Gasteiger partial charge in [0, 0.05) is 11.0 Å². The Morgan fingerprint density at radius 2 is 2.11 bits per heavy atom. The number of rotatable bonds is 3. The quantitative estimate of drug-likeness (QED) is 0.364. The fourth-order valence-electron chi connectivity index (χ4n) is 0.252. The molecular weight excluding hydrogens is 192 g/mol. The number of thiocarbonyl (C=S) groups is 1. The van der Waals surface area contributed by atoms with Crippen molar-refractivity contribution in [2.24, 2.45) is 0 Å². The Hall–Kier alpha value is 0.940. The van der Waals surface area contributed by atoms with Crippen molar-refractivity contribution < 1.29 is 4.74 Å². The van der Waals surface area contributed by atoms with Gasteiger partial charge < -0.3 is 4.74 Å². The lowest BCUT2D eigenvalue weighted by Crippen LogP contribution is -2.00. The van der Waals surface area contributed by atoms with Crippen LogP contribution in [0, 0.1) is 0 Å². The Kier molecular flexibility index (Phi) is 6.30. The highest BCUT2D eigenvalue weighted by Crippen LogP contribution is 2.05. The van der Waals surface area contributed by atoms with Crippen molar-refractivity contribution in [1.29, 1.82) is 0 Å². The standard InChI is InChI=1S/C4H8OS4/c6-3(7)1-2-5-4(8)9/h3,6-7H,1-2H2,(H,8,9). The lowest BCUT2D eigenvalue weighted by Gasteiger charge is -2.03. The molecule has 0 aliphatic carbocycles. The molecule has 0 aliphatic heterocycles. The summed E-state index contributed by atoms with van der Waals surface area (Å²) in [4.78, 5) is 0. The zero-order valence-corrected chi connectivity index (χ0v) is 8.15. The van der Waals surface area contributed by atoms with Gasteiger partial charge in [-0.1, -0.05) is 12.6 Å². The van der Waals surface area contributed by atoms with Crippen molar-refractivity contribution in [3.63, 3.8) is 0 Å².